The van der Waals surface area contributed by atoms with Crippen LogP contribution < -0.4 is 10.2 Å². The third-order valence-corrected chi connectivity index (χ3v) is 3.98. The highest BCUT2D eigenvalue weighted by Crippen LogP contribution is 2.28. The summed E-state index contributed by atoms with van der Waals surface area (Å²) in [6, 6.07) is 8.60. The zero-order valence-electron chi connectivity index (χ0n) is 13.0. The van der Waals surface area contributed by atoms with Gasteiger partial charge in [-0.1, -0.05) is 24.3 Å². The van der Waals surface area contributed by atoms with Crippen LogP contribution in [-0.4, -0.2) is 35.6 Å². The summed E-state index contributed by atoms with van der Waals surface area (Å²) in [4.78, 5) is 2.11. The smallest absolute Gasteiger partial charge is 0.153 e. The summed E-state index contributed by atoms with van der Waals surface area (Å²) in [5, 5.41) is 11.8. The molecule has 0 saturated carbocycles. The first-order valence-electron chi connectivity index (χ1n) is 7.10. The Bertz CT molecular complexity index is 574. The molecule has 1 heterocycles. The van der Waals surface area contributed by atoms with E-state index in [1.807, 2.05) is 11.7 Å². The number of halogens is 1. The van der Waals surface area contributed by atoms with Gasteiger partial charge in [0.1, 0.15) is 0 Å². The lowest BCUT2D eigenvalue weighted by Crippen LogP contribution is -2.26. The van der Waals surface area contributed by atoms with E-state index in [0.29, 0.717) is 0 Å². The molecule has 1 aromatic carbocycles. The second-order valence-electron chi connectivity index (χ2n) is 5.27. The van der Waals surface area contributed by atoms with Crippen molar-refractivity contribution >= 4 is 21.6 Å². The lowest BCUT2D eigenvalue weighted by Gasteiger charge is -2.21. The van der Waals surface area contributed by atoms with Gasteiger partial charge in [0.15, 0.2) is 4.60 Å². The van der Waals surface area contributed by atoms with Gasteiger partial charge in [0, 0.05) is 26.8 Å². The van der Waals surface area contributed by atoms with Crippen molar-refractivity contribution in [2.45, 2.75) is 19.4 Å². The van der Waals surface area contributed by atoms with E-state index in [1.54, 1.807) is 0 Å². The molecule has 21 heavy (non-hydrogen) atoms. The molecule has 0 amide bonds. The third-order valence-electron chi connectivity index (χ3n) is 3.42. The molecule has 0 aliphatic carbocycles. The molecule has 0 radical (unpaired) electrons. The zero-order valence-corrected chi connectivity index (χ0v) is 14.6. The van der Waals surface area contributed by atoms with Gasteiger partial charge in [-0.2, -0.15) is 0 Å². The van der Waals surface area contributed by atoms with E-state index in [0.717, 1.165) is 23.3 Å². The van der Waals surface area contributed by atoms with Gasteiger partial charge in [-0.05, 0) is 46.6 Å². The van der Waals surface area contributed by atoms with E-state index in [4.69, 9.17) is 0 Å². The van der Waals surface area contributed by atoms with Gasteiger partial charge in [0.25, 0.3) is 0 Å². The van der Waals surface area contributed by atoms with Crippen LogP contribution >= 0.6 is 15.9 Å². The third kappa shape index (κ3) is 3.63. The predicted octanol–water partition coefficient (Wildman–Crippen LogP) is 2.73. The van der Waals surface area contributed by atoms with Gasteiger partial charge >= 0.3 is 0 Å². The number of rotatable bonds is 6. The Kier molecular flexibility index (Phi) is 5.36. The lowest BCUT2D eigenvalue weighted by molar-refractivity contribution is 0.549. The fourth-order valence-corrected chi connectivity index (χ4v) is 2.85. The second-order valence-corrected chi connectivity index (χ2v) is 6.02. The highest BCUT2D eigenvalue weighted by Gasteiger charge is 2.21. The Balaban J connectivity index is 2.43. The number of hydrogen-bond donors (Lipinski definition) is 1. The van der Waals surface area contributed by atoms with E-state index in [-0.39, 0.29) is 6.04 Å². The molecule has 114 valence electrons. The highest BCUT2D eigenvalue weighted by atomic mass is 79.9. The Morgan fingerprint density at radius 2 is 2.14 bits per heavy atom. The minimum Gasteiger partial charge on any atom is -0.378 e. The molecule has 2 aromatic rings. The molecule has 0 aliphatic rings. The van der Waals surface area contributed by atoms with Crippen molar-refractivity contribution in [1.82, 2.24) is 20.3 Å². The fourth-order valence-electron chi connectivity index (χ4n) is 2.29. The average Bonchev–Trinajstić information content (AvgIpc) is 2.80. The van der Waals surface area contributed by atoms with Crippen LogP contribution in [0.15, 0.2) is 28.9 Å². The van der Waals surface area contributed by atoms with Crippen LogP contribution in [0, 0.1) is 0 Å². The molecule has 0 saturated heterocycles. The van der Waals surface area contributed by atoms with Crippen molar-refractivity contribution in [2.24, 2.45) is 7.05 Å². The molecular formula is C15H22BrN5. The van der Waals surface area contributed by atoms with Crippen molar-refractivity contribution < 1.29 is 0 Å². The monoisotopic (exact) mass is 351 g/mol. The predicted molar refractivity (Wildman–Crippen MR) is 89.6 cm³/mol. The number of aromatic nitrogens is 3. The van der Waals surface area contributed by atoms with Gasteiger partial charge in [-0.25, -0.2) is 4.68 Å². The molecule has 2 rings (SSSR count). The van der Waals surface area contributed by atoms with Crippen LogP contribution in [0.2, 0.25) is 0 Å². The Morgan fingerprint density at radius 3 is 2.71 bits per heavy atom. The molecule has 5 nitrogen and oxygen atoms in total. The fraction of sp³-hybridized carbons (Fsp3) is 0.467. The van der Waals surface area contributed by atoms with Gasteiger partial charge in [-0.15, -0.1) is 5.10 Å². The molecular weight excluding hydrogens is 330 g/mol. The molecule has 1 unspecified atom stereocenters. The van der Waals surface area contributed by atoms with E-state index in [9.17, 15) is 0 Å². The molecule has 1 atom stereocenters. The van der Waals surface area contributed by atoms with Crippen molar-refractivity contribution in [3.63, 3.8) is 0 Å². The van der Waals surface area contributed by atoms with Crippen LogP contribution in [-0.2, 0) is 7.05 Å². The first-order chi connectivity index (χ1) is 10.0. The van der Waals surface area contributed by atoms with Crippen molar-refractivity contribution in [3.05, 3.63) is 40.1 Å². The molecule has 0 spiro atoms. The largest absolute Gasteiger partial charge is 0.378 e. The maximum Gasteiger partial charge on any atom is 0.153 e. The van der Waals surface area contributed by atoms with Crippen LogP contribution in [0.3, 0.4) is 0 Å². The van der Waals surface area contributed by atoms with Gasteiger partial charge in [0.2, 0.25) is 0 Å². The number of hydrogen-bond acceptors (Lipinski definition) is 4. The number of nitrogens with zero attached hydrogens (tertiary/aromatic N) is 4. The number of nitrogens with one attached hydrogen (secondary N) is 1. The summed E-state index contributed by atoms with van der Waals surface area (Å²) >= 11 is 3.51. The molecule has 0 aliphatic heterocycles. The van der Waals surface area contributed by atoms with Gasteiger partial charge in [0.05, 0.1) is 11.7 Å². The van der Waals surface area contributed by atoms with Gasteiger partial charge in [-0.3, -0.25) is 0 Å². The molecule has 1 N–H and O–H groups in total. The quantitative estimate of drug-likeness (QED) is 0.868. The minimum absolute atomic E-state index is 0.0687. The van der Waals surface area contributed by atoms with Crippen LogP contribution in [0.1, 0.15) is 30.6 Å². The SMILES string of the molecule is CCCNC(c1cccc(N(C)C)c1)c1c(Br)nnn1C. The number of aryl methyl sites for hydroxylation is 1. The number of anilines is 1. The highest BCUT2D eigenvalue weighted by molar-refractivity contribution is 9.10. The Hall–Kier alpha value is -1.40. The summed E-state index contributed by atoms with van der Waals surface area (Å²) in [5.74, 6) is 0. The summed E-state index contributed by atoms with van der Waals surface area (Å²) < 4.78 is 2.61. The zero-order chi connectivity index (χ0) is 15.4. The maximum atomic E-state index is 4.11. The molecule has 0 bridgehead atoms. The van der Waals surface area contributed by atoms with Crippen LogP contribution in [0.5, 0.6) is 0 Å². The molecule has 0 fully saturated rings. The lowest BCUT2D eigenvalue weighted by atomic mass is 10.0. The Labute approximate surface area is 134 Å². The minimum atomic E-state index is 0.0687. The summed E-state index contributed by atoms with van der Waals surface area (Å²) in [6.07, 6.45) is 1.08. The van der Waals surface area contributed by atoms with Crippen LogP contribution in [0.25, 0.3) is 0 Å². The van der Waals surface area contributed by atoms with Crippen molar-refractivity contribution in [3.8, 4) is 0 Å². The standard InChI is InChI=1S/C15H22BrN5/c1-5-9-17-13(14-15(16)18-19-21(14)4)11-7-6-8-12(10-11)20(2)3/h6-8,10,13,17H,5,9H2,1-4H3. The van der Waals surface area contributed by atoms with Gasteiger partial charge < -0.3 is 10.2 Å². The first-order valence-corrected chi connectivity index (χ1v) is 7.89. The van der Waals surface area contributed by atoms with E-state index in [1.165, 1.54) is 11.3 Å². The Morgan fingerprint density at radius 1 is 1.38 bits per heavy atom. The topological polar surface area (TPSA) is 46.0 Å². The summed E-state index contributed by atoms with van der Waals surface area (Å²) in [5.41, 5.74) is 3.43. The van der Waals surface area contributed by atoms with Crippen molar-refractivity contribution in [1.29, 1.82) is 0 Å². The normalized spacial score (nSPS) is 12.4. The summed E-state index contributed by atoms with van der Waals surface area (Å²) in [6.45, 7) is 3.10. The first kappa shape index (κ1) is 16.0. The molecule has 6 heteroatoms. The maximum absolute atomic E-state index is 4.11. The van der Waals surface area contributed by atoms with E-state index in [2.05, 4.69) is 81.7 Å². The average molecular weight is 352 g/mol. The summed E-state index contributed by atoms with van der Waals surface area (Å²) in [7, 11) is 6.02. The number of benzene rings is 1. The second kappa shape index (κ2) is 7.04. The van der Waals surface area contributed by atoms with Crippen molar-refractivity contribution in [2.75, 3.05) is 25.5 Å². The molecule has 1 aromatic heterocycles. The van der Waals surface area contributed by atoms with E-state index >= 15 is 0 Å². The van der Waals surface area contributed by atoms with Crippen LogP contribution in [0.4, 0.5) is 5.69 Å². The van der Waals surface area contributed by atoms with E-state index < -0.39 is 0 Å².